The lowest BCUT2D eigenvalue weighted by Gasteiger charge is -2.08. The van der Waals surface area contributed by atoms with Crippen molar-refractivity contribution in [1.82, 2.24) is 15.0 Å². The van der Waals surface area contributed by atoms with Crippen LogP contribution in [0.15, 0.2) is 136 Å². The summed E-state index contributed by atoms with van der Waals surface area (Å²) >= 11 is 1.80. The van der Waals surface area contributed by atoms with E-state index < -0.39 is 0 Å². The number of benzene rings is 6. The SMILES string of the molecule is c1ccc(-c2nc(-c3ccccc3)nc(-c3cccc4c3oc3ccc5c6ccc7sc8ccccc8c7c6oc5c34)n2)cc1. The number of rotatable bonds is 3. The molecule has 0 aliphatic heterocycles. The Morgan fingerprint density at radius 1 is 0.400 bits per heavy atom. The van der Waals surface area contributed by atoms with Crippen LogP contribution >= 0.6 is 11.3 Å². The molecule has 0 spiro atoms. The van der Waals surface area contributed by atoms with Crippen LogP contribution in [0.4, 0.5) is 0 Å². The average molecular weight is 596 g/mol. The van der Waals surface area contributed by atoms with Crippen molar-refractivity contribution in [2.45, 2.75) is 0 Å². The molecule has 0 fully saturated rings. The summed E-state index contributed by atoms with van der Waals surface area (Å²) in [5.41, 5.74) is 5.86. The van der Waals surface area contributed by atoms with Gasteiger partial charge in [-0.25, -0.2) is 15.0 Å². The van der Waals surface area contributed by atoms with E-state index in [4.69, 9.17) is 23.8 Å². The van der Waals surface area contributed by atoms with Crippen LogP contribution in [0.25, 0.3) is 98.2 Å². The van der Waals surface area contributed by atoms with Gasteiger partial charge in [0.25, 0.3) is 0 Å². The predicted octanol–water partition coefficient (Wildman–Crippen LogP) is 11.0. The lowest BCUT2D eigenvalue weighted by atomic mass is 10.0. The van der Waals surface area contributed by atoms with Crippen LogP contribution in [0.2, 0.25) is 0 Å². The third kappa shape index (κ3) is 3.63. The van der Waals surface area contributed by atoms with Gasteiger partial charge >= 0.3 is 0 Å². The summed E-state index contributed by atoms with van der Waals surface area (Å²) < 4.78 is 15.9. The van der Waals surface area contributed by atoms with E-state index in [0.717, 1.165) is 66.0 Å². The molecule has 0 saturated heterocycles. The lowest BCUT2D eigenvalue weighted by molar-refractivity contribution is 0.664. The number of para-hydroxylation sites is 1. The molecule has 0 aliphatic rings. The van der Waals surface area contributed by atoms with Crippen LogP contribution in [0.5, 0.6) is 0 Å². The van der Waals surface area contributed by atoms with Crippen molar-refractivity contribution in [2.24, 2.45) is 0 Å². The van der Waals surface area contributed by atoms with Gasteiger partial charge in [-0.1, -0.05) is 91.0 Å². The van der Waals surface area contributed by atoms with Crippen molar-refractivity contribution in [3.8, 4) is 34.2 Å². The molecule has 5 nitrogen and oxygen atoms in total. The Hall–Kier alpha value is -5.85. The van der Waals surface area contributed by atoms with E-state index in [1.807, 2.05) is 78.9 Å². The second kappa shape index (κ2) is 9.32. The molecular weight excluding hydrogens is 575 g/mol. The minimum absolute atomic E-state index is 0.555. The highest BCUT2D eigenvalue weighted by Crippen LogP contribution is 2.45. The topological polar surface area (TPSA) is 65.0 Å². The zero-order chi connectivity index (χ0) is 29.5. The smallest absolute Gasteiger partial charge is 0.167 e. The van der Waals surface area contributed by atoms with E-state index in [0.29, 0.717) is 17.5 Å². The van der Waals surface area contributed by atoms with Crippen LogP contribution < -0.4 is 0 Å². The maximum absolute atomic E-state index is 6.82. The highest BCUT2D eigenvalue weighted by molar-refractivity contribution is 7.26. The van der Waals surface area contributed by atoms with Gasteiger partial charge in [0.1, 0.15) is 22.3 Å². The van der Waals surface area contributed by atoms with Gasteiger partial charge in [-0.3, -0.25) is 0 Å². The number of furan rings is 2. The molecule has 10 aromatic rings. The number of fused-ring (bicyclic) bond motifs is 11. The summed E-state index contributed by atoms with van der Waals surface area (Å²) in [6.45, 7) is 0. The van der Waals surface area contributed by atoms with E-state index >= 15 is 0 Å². The molecule has 0 saturated carbocycles. The van der Waals surface area contributed by atoms with Gasteiger partial charge in [-0.15, -0.1) is 11.3 Å². The molecule has 10 rings (SSSR count). The molecule has 4 aromatic heterocycles. The molecule has 45 heavy (non-hydrogen) atoms. The Labute approximate surface area is 260 Å². The molecule has 210 valence electrons. The summed E-state index contributed by atoms with van der Waals surface area (Å²) in [6, 6.07) is 43.2. The first-order valence-corrected chi connectivity index (χ1v) is 15.6. The van der Waals surface area contributed by atoms with Crippen molar-refractivity contribution in [1.29, 1.82) is 0 Å². The van der Waals surface area contributed by atoms with Crippen molar-refractivity contribution in [3.63, 3.8) is 0 Å². The zero-order valence-corrected chi connectivity index (χ0v) is 24.5. The molecule has 0 atom stereocenters. The highest BCUT2D eigenvalue weighted by Gasteiger charge is 2.22. The average Bonchev–Trinajstić information content (AvgIpc) is 3.79. The first-order chi connectivity index (χ1) is 22.3. The van der Waals surface area contributed by atoms with Crippen LogP contribution in [-0.4, -0.2) is 15.0 Å². The fourth-order valence-corrected chi connectivity index (χ4v) is 7.59. The van der Waals surface area contributed by atoms with Gasteiger partial charge in [-0.2, -0.15) is 0 Å². The zero-order valence-electron chi connectivity index (χ0n) is 23.7. The minimum atomic E-state index is 0.555. The molecule has 0 N–H and O–H groups in total. The first-order valence-electron chi connectivity index (χ1n) is 14.8. The summed E-state index contributed by atoms with van der Waals surface area (Å²) in [4.78, 5) is 14.8. The van der Waals surface area contributed by atoms with E-state index in [9.17, 15) is 0 Å². The second-order valence-electron chi connectivity index (χ2n) is 11.2. The molecule has 6 heteroatoms. The Bertz CT molecular complexity index is 2700. The minimum Gasteiger partial charge on any atom is -0.455 e. The maximum atomic E-state index is 6.82. The van der Waals surface area contributed by atoms with Crippen LogP contribution in [0.3, 0.4) is 0 Å². The Morgan fingerprint density at radius 2 is 1.02 bits per heavy atom. The van der Waals surface area contributed by atoms with Gasteiger partial charge < -0.3 is 8.83 Å². The van der Waals surface area contributed by atoms with Crippen molar-refractivity contribution < 1.29 is 8.83 Å². The maximum Gasteiger partial charge on any atom is 0.167 e. The number of aromatic nitrogens is 3. The quantitative estimate of drug-likeness (QED) is 0.203. The van der Waals surface area contributed by atoms with Crippen molar-refractivity contribution in [3.05, 3.63) is 127 Å². The fraction of sp³-hybridized carbons (Fsp3) is 0. The third-order valence-corrected chi connectivity index (χ3v) is 9.68. The summed E-state index contributed by atoms with van der Waals surface area (Å²) in [6.07, 6.45) is 0. The fourth-order valence-electron chi connectivity index (χ4n) is 6.49. The summed E-state index contributed by atoms with van der Waals surface area (Å²) in [7, 11) is 0. The van der Waals surface area contributed by atoms with E-state index in [2.05, 4.69) is 48.5 Å². The van der Waals surface area contributed by atoms with Crippen LogP contribution in [0.1, 0.15) is 0 Å². The Balaban J connectivity index is 1.25. The number of nitrogens with zero attached hydrogens (tertiary/aromatic N) is 3. The molecule has 0 radical (unpaired) electrons. The molecule has 0 unspecified atom stereocenters. The summed E-state index contributed by atoms with van der Waals surface area (Å²) in [5, 5.41) is 6.47. The van der Waals surface area contributed by atoms with Gasteiger partial charge in [0, 0.05) is 47.5 Å². The van der Waals surface area contributed by atoms with Crippen LogP contribution in [-0.2, 0) is 0 Å². The van der Waals surface area contributed by atoms with E-state index in [1.165, 1.54) is 14.8 Å². The second-order valence-corrected chi connectivity index (χ2v) is 12.2. The van der Waals surface area contributed by atoms with Crippen molar-refractivity contribution >= 4 is 75.4 Å². The molecular formula is C39H21N3O2S. The van der Waals surface area contributed by atoms with Gasteiger partial charge in [0.15, 0.2) is 17.5 Å². The Kier molecular flexibility index (Phi) is 5.09. The molecule has 6 aromatic carbocycles. The van der Waals surface area contributed by atoms with E-state index in [-0.39, 0.29) is 0 Å². The number of hydrogen-bond acceptors (Lipinski definition) is 6. The Morgan fingerprint density at radius 3 is 1.78 bits per heavy atom. The standard InChI is InChI=1S/C39H21N3O2S/c1-3-10-22(11-4-1)37-40-38(23-12-5-2-6-13-23)42-39(41-37)28-16-9-15-27-32-29(43-34(27)28)20-18-24-25-19-21-31-33(36(25)44-35(24)32)26-14-7-8-17-30(26)45-31/h1-21H. The number of thiophene rings is 1. The normalized spacial score (nSPS) is 12.0. The monoisotopic (exact) mass is 595 g/mol. The van der Waals surface area contributed by atoms with Gasteiger partial charge in [0.2, 0.25) is 0 Å². The molecule has 0 aliphatic carbocycles. The molecule has 0 bridgehead atoms. The third-order valence-electron chi connectivity index (χ3n) is 8.55. The highest BCUT2D eigenvalue weighted by atomic mass is 32.1. The molecule has 0 amide bonds. The van der Waals surface area contributed by atoms with Crippen molar-refractivity contribution in [2.75, 3.05) is 0 Å². The predicted molar refractivity (Wildman–Crippen MR) is 184 cm³/mol. The van der Waals surface area contributed by atoms with E-state index in [1.54, 1.807) is 11.3 Å². The van der Waals surface area contributed by atoms with Crippen LogP contribution in [0, 0.1) is 0 Å². The summed E-state index contributed by atoms with van der Waals surface area (Å²) in [5.74, 6) is 1.78. The molecule has 4 heterocycles. The van der Waals surface area contributed by atoms with Gasteiger partial charge in [-0.05, 0) is 36.4 Å². The van der Waals surface area contributed by atoms with Gasteiger partial charge in [0.05, 0.1) is 10.9 Å². The lowest BCUT2D eigenvalue weighted by Crippen LogP contribution is -2.00. The first kappa shape index (κ1) is 24.6. The largest absolute Gasteiger partial charge is 0.455 e. The number of hydrogen-bond donors (Lipinski definition) is 0.